The van der Waals surface area contributed by atoms with Crippen molar-refractivity contribution in [2.45, 2.75) is 19.4 Å². The molecule has 0 radical (unpaired) electrons. The highest BCUT2D eigenvalue weighted by Crippen LogP contribution is 2.34. The van der Waals surface area contributed by atoms with Crippen molar-refractivity contribution in [3.8, 4) is 11.5 Å². The van der Waals surface area contributed by atoms with Gasteiger partial charge in [-0.3, -0.25) is 4.79 Å². The maximum Gasteiger partial charge on any atom is 0.257 e. The highest BCUT2D eigenvalue weighted by molar-refractivity contribution is 5.98. The number of piperidine rings is 1. The minimum Gasteiger partial charge on any atom is -0.486 e. The van der Waals surface area contributed by atoms with Gasteiger partial charge >= 0.3 is 0 Å². The smallest absolute Gasteiger partial charge is 0.257 e. The molecule has 0 spiro atoms. The summed E-state index contributed by atoms with van der Waals surface area (Å²) in [6.45, 7) is 4.09. The number of carbonyl (C=O) groups excluding carboxylic acids is 1. The molecule has 20 heavy (non-hydrogen) atoms. The first-order valence-corrected chi connectivity index (χ1v) is 7.03. The van der Waals surface area contributed by atoms with Crippen molar-refractivity contribution in [1.82, 2.24) is 4.90 Å². The Hall–Kier alpha value is -1.75. The van der Waals surface area contributed by atoms with Crippen LogP contribution in [0, 0.1) is 5.92 Å². The highest BCUT2D eigenvalue weighted by Gasteiger charge is 2.30. The Morgan fingerprint density at radius 1 is 1.35 bits per heavy atom. The molecule has 2 aliphatic rings. The molecule has 0 aromatic heterocycles. The van der Waals surface area contributed by atoms with Crippen LogP contribution in [0.4, 0.5) is 0 Å². The number of para-hydroxylation sites is 1. The lowest BCUT2D eigenvalue weighted by atomic mass is 9.96. The molecule has 1 fully saturated rings. The predicted molar refractivity (Wildman–Crippen MR) is 73.1 cm³/mol. The van der Waals surface area contributed by atoms with Crippen molar-refractivity contribution in [2.24, 2.45) is 5.92 Å². The summed E-state index contributed by atoms with van der Waals surface area (Å²) in [4.78, 5) is 14.4. The van der Waals surface area contributed by atoms with Crippen molar-refractivity contribution in [1.29, 1.82) is 0 Å². The molecule has 2 aliphatic heterocycles. The Morgan fingerprint density at radius 3 is 2.95 bits per heavy atom. The van der Waals surface area contributed by atoms with E-state index in [0.29, 0.717) is 49.8 Å². The molecular weight excluding hydrogens is 258 g/mol. The van der Waals surface area contributed by atoms with E-state index < -0.39 is 0 Å². The molecule has 1 N–H and O–H groups in total. The molecule has 2 unspecified atom stereocenters. The fourth-order valence-electron chi connectivity index (χ4n) is 2.73. The summed E-state index contributed by atoms with van der Waals surface area (Å²) in [7, 11) is 0. The van der Waals surface area contributed by atoms with Gasteiger partial charge in [0.15, 0.2) is 11.5 Å². The normalized spacial score (nSPS) is 25.4. The number of nitrogens with zero attached hydrogens (tertiary/aromatic N) is 1. The average Bonchev–Trinajstić information content (AvgIpc) is 2.49. The van der Waals surface area contributed by atoms with Gasteiger partial charge in [-0.1, -0.05) is 13.0 Å². The van der Waals surface area contributed by atoms with E-state index in [-0.39, 0.29) is 17.9 Å². The molecule has 1 amide bonds. The van der Waals surface area contributed by atoms with E-state index in [9.17, 15) is 9.90 Å². The van der Waals surface area contributed by atoms with Gasteiger partial charge in [-0.25, -0.2) is 0 Å². The summed E-state index contributed by atoms with van der Waals surface area (Å²) in [6.07, 6.45) is 0.308. The van der Waals surface area contributed by atoms with Gasteiger partial charge in [0.2, 0.25) is 0 Å². The number of hydrogen-bond donors (Lipinski definition) is 1. The molecule has 0 saturated carbocycles. The molecule has 2 heterocycles. The number of amides is 1. The Bertz CT molecular complexity index is 517. The molecule has 5 nitrogen and oxygen atoms in total. The van der Waals surface area contributed by atoms with Crippen LogP contribution in [0.2, 0.25) is 0 Å². The first-order chi connectivity index (χ1) is 9.66. The van der Waals surface area contributed by atoms with Gasteiger partial charge in [0.05, 0.1) is 11.7 Å². The van der Waals surface area contributed by atoms with E-state index in [4.69, 9.17) is 9.47 Å². The number of aliphatic hydroxyl groups excluding tert-OH is 1. The molecule has 0 bridgehead atoms. The standard InChI is InChI=1S/C15H19NO4/c1-10-9-16(6-5-12(10)17)15(18)11-3-2-4-13-14(11)20-8-7-19-13/h2-4,10,12,17H,5-9H2,1H3. The van der Waals surface area contributed by atoms with Gasteiger partial charge in [0.25, 0.3) is 5.91 Å². The molecule has 5 heteroatoms. The predicted octanol–water partition coefficient (Wildman–Crippen LogP) is 1.30. The van der Waals surface area contributed by atoms with E-state index in [0.717, 1.165) is 0 Å². The van der Waals surface area contributed by atoms with Crippen molar-refractivity contribution in [2.75, 3.05) is 26.3 Å². The van der Waals surface area contributed by atoms with Crippen molar-refractivity contribution in [3.63, 3.8) is 0 Å². The molecule has 0 aliphatic carbocycles. The minimum atomic E-state index is -0.316. The average molecular weight is 277 g/mol. The summed E-state index contributed by atoms with van der Waals surface area (Å²) < 4.78 is 11.1. The largest absolute Gasteiger partial charge is 0.486 e. The van der Waals surface area contributed by atoms with Crippen LogP contribution >= 0.6 is 0 Å². The summed E-state index contributed by atoms with van der Waals surface area (Å²) in [5.41, 5.74) is 0.547. The number of rotatable bonds is 1. The van der Waals surface area contributed by atoms with Crippen molar-refractivity contribution in [3.05, 3.63) is 23.8 Å². The molecule has 108 valence electrons. The third kappa shape index (κ3) is 2.33. The maximum atomic E-state index is 12.6. The Labute approximate surface area is 118 Å². The third-order valence-electron chi connectivity index (χ3n) is 3.94. The lowest BCUT2D eigenvalue weighted by Gasteiger charge is -2.35. The Balaban J connectivity index is 1.84. The lowest BCUT2D eigenvalue weighted by molar-refractivity contribution is 0.0293. The Morgan fingerprint density at radius 2 is 2.15 bits per heavy atom. The molecule has 3 rings (SSSR count). The van der Waals surface area contributed by atoms with Crippen LogP contribution in [0.3, 0.4) is 0 Å². The van der Waals surface area contributed by atoms with E-state index in [1.807, 2.05) is 19.1 Å². The third-order valence-corrected chi connectivity index (χ3v) is 3.94. The topological polar surface area (TPSA) is 59.0 Å². The molecular formula is C15H19NO4. The number of carbonyl (C=O) groups is 1. The van der Waals surface area contributed by atoms with Gasteiger partial charge in [-0.05, 0) is 24.5 Å². The van der Waals surface area contributed by atoms with Gasteiger partial charge < -0.3 is 19.5 Å². The summed E-state index contributed by atoms with van der Waals surface area (Å²) >= 11 is 0. The number of aliphatic hydroxyl groups is 1. The first kappa shape index (κ1) is 13.2. The number of benzene rings is 1. The molecule has 1 aromatic carbocycles. The monoisotopic (exact) mass is 277 g/mol. The zero-order valence-electron chi connectivity index (χ0n) is 11.5. The number of hydrogen-bond acceptors (Lipinski definition) is 4. The first-order valence-electron chi connectivity index (χ1n) is 7.03. The SMILES string of the molecule is CC1CN(C(=O)c2cccc3c2OCCO3)CCC1O. The minimum absolute atomic E-state index is 0.0499. The fourth-order valence-corrected chi connectivity index (χ4v) is 2.73. The van der Waals surface area contributed by atoms with Crippen LogP contribution in [-0.2, 0) is 0 Å². The second-order valence-corrected chi connectivity index (χ2v) is 5.41. The number of fused-ring (bicyclic) bond motifs is 1. The second-order valence-electron chi connectivity index (χ2n) is 5.41. The van der Waals surface area contributed by atoms with Crippen LogP contribution < -0.4 is 9.47 Å². The van der Waals surface area contributed by atoms with Crippen LogP contribution in [0.1, 0.15) is 23.7 Å². The van der Waals surface area contributed by atoms with E-state index in [1.54, 1.807) is 11.0 Å². The zero-order valence-corrected chi connectivity index (χ0v) is 11.5. The highest BCUT2D eigenvalue weighted by atomic mass is 16.6. The summed E-state index contributed by atoms with van der Waals surface area (Å²) in [5.74, 6) is 1.23. The summed E-state index contributed by atoms with van der Waals surface area (Å²) in [6, 6.07) is 5.39. The van der Waals surface area contributed by atoms with E-state index in [1.165, 1.54) is 0 Å². The van der Waals surface area contributed by atoms with E-state index >= 15 is 0 Å². The van der Waals surface area contributed by atoms with Gasteiger partial charge in [0, 0.05) is 13.1 Å². The van der Waals surface area contributed by atoms with E-state index in [2.05, 4.69) is 0 Å². The zero-order chi connectivity index (χ0) is 14.1. The van der Waals surface area contributed by atoms with Crippen LogP contribution in [-0.4, -0.2) is 48.3 Å². The van der Waals surface area contributed by atoms with Crippen LogP contribution in [0.5, 0.6) is 11.5 Å². The van der Waals surface area contributed by atoms with Gasteiger partial charge in [-0.2, -0.15) is 0 Å². The fraction of sp³-hybridized carbons (Fsp3) is 0.533. The molecule has 1 saturated heterocycles. The van der Waals surface area contributed by atoms with Gasteiger partial charge in [0.1, 0.15) is 13.2 Å². The quantitative estimate of drug-likeness (QED) is 0.840. The second kappa shape index (κ2) is 5.32. The van der Waals surface area contributed by atoms with Crippen molar-refractivity contribution >= 4 is 5.91 Å². The number of likely N-dealkylation sites (tertiary alicyclic amines) is 1. The molecule has 2 atom stereocenters. The van der Waals surface area contributed by atoms with Gasteiger partial charge in [-0.15, -0.1) is 0 Å². The summed E-state index contributed by atoms with van der Waals surface area (Å²) in [5, 5.41) is 9.76. The lowest BCUT2D eigenvalue weighted by Crippen LogP contribution is -2.45. The van der Waals surface area contributed by atoms with Crippen LogP contribution in [0.25, 0.3) is 0 Å². The van der Waals surface area contributed by atoms with Crippen molar-refractivity contribution < 1.29 is 19.4 Å². The Kier molecular flexibility index (Phi) is 3.53. The maximum absolute atomic E-state index is 12.6. The van der Waals surface area contributed by atoms with Crippen LogP contribution in [0.15, 0.2) is 18.2 Å². The number of ether oxygens (including phenoxy) is 2. The molecule has 1 aromatic rings.